The van der Waals surface area contributed by atoms with E-state index in [1.54, 1.807) is 0 Å². The second-order valence-electron chi connectivity index (χ2n) is 3.92. The minimum absolute atomic E-state index is 0.0293. The molecular formula is C13H22O3. The van der Waals surface area contributed by atoms with E-state index in [0.717, 1.165) is 24.8 Å². The van der Waals surface area contributed by atoms with E-state index < -0.39 is 0 Å². The third-order valence-corrected chi connectivity index (χ3v) is 1.99. The summed E-state index contributed by atoms with van der Waals surface area (Å²) in [6, 6.07) is 0. The van der Waals surface area contributed by atoms with Gasteiger partial charge in [0.1, 0.15) is 0 Å². The minimum Gasteiger partial charge on any atom is -0.435 e. The van der Waals surface area contributed by atoms with E-state index in [4.69, 9.17) is 9.47 Å². The average molecular weight is 226 g/mol. The molecule has 0 rings (SSSR count). The standard InChI is InChI=1S/C13H22O3/c1-5-6-7-8-12(4)13(14)16-10-15-9-11(2)3/h2,4-10H2,1,3H3. The van der Waals surface area contributed by atoms with E-state index >= 15 is 0 Å². The van der Waals surface area contributed by atoms with Crippen molar-refractivity contribution in [1.82, 2.24) is 0 Å². The zero-order valence-electron chi connectivity index (χ0n) is 10.4. The lowest BCUT2D eigenvalue weighted by atomic mass is 10.1. The highest BCUT2D eigenvalue weighted by molar-refractivity contribution is 5.87. The van der Waals surface area contributed by atoms with Gasteiger partial charge in [-0.2, -0.15) is 0 Å². The Kier molecular flexibility index (Phi) is 8.53. The van der Waals surface area contributed by atoms with Gasteiger partial charge in [0.25, 0.3) is 0 Å². The van der Waals surface area contributed by atoms with Crippen LogP contribution in [0.15, 0.2) is 24.3 Å². The molecule has 92 valence electrons. The highest BCUT2D eigenvalue weighted by atomic mass is 16.7. The van der Waals surface area contributed by atoms with Crippen LogP contribution in [-0.4, -0.2) is 19.4 Å². The van der Waals surface area contributed by atoms with Gasteiger partial charge in [0.15, 0.2) is 6.79 Å². The van der Waals surface area contributed by atoms with Gasteiger partial charge in [-0.25, -0.2) is 4.79 Å². The smallest absolute Gasteiger partial charge is 0.335 e. The van der Waals surface area contributed by atoms with Crippen LogP contribution in [0.25, 0.3) is 0 Å². The Morgan fingerprint density at radius 3 is 2.50 bits per heavy atom. The zero-order valence-corrected chi connectivity index (χ0v) is 10.4. The SMILES string of the molecule is C=C(C)COCOC(=O)C(=C)CCCCC. The van der Waals surface area contributed by atoms with E-state index in [1.165, 1.54) is 0 Å². The maximum atomic E-state index is 11.4. The highest BCUT2D eigenvalue weighted by Crippen LogP contribution is 2.08. The summed E-state index contributed by atoms with van der Waals surface area (Å²) in [6.45, 7) is 11.7. The Bertz CT molecular complexity index is 244. The summed E-state index contributed by atoms with van der Waals surface area (Å²) in [7, 11) is 0. The van der Waals surface area contributed by atoms with Gasteiger partial charge in [-0.3, -0.25) is 0 Å². The molecule has 0 aromatic carbocycles. The van der Waals surface area contributed by atoms with Crippen LogP contribution >= 0.6 is 0 Å². The molecule has 0 N–H and O–H groups in total. The van der Waals surface area contributed by atoms with Crippen LogP contribution < -0.4 is 0 Å². The molecule has 0 amide bonds. The Labute approximate surface area is 98.1 Å². The highest BCUT2D eigenvalue weighted by Gasteiger charge is 2.07. The predicted molar refractivity (Wildman–Crippen MR) is 65.0 cm³/mol. The van der Waals surface area contributed by atoms with Crippen LogP contribution in [0, 0.1) is 0 Å². The monoisotopic (exact) mass is 226 g/mol. The van der Waals surface area contributed by atoms with Crippen molar-refractivity contribution in [2.75, 3.05) is 13.4 Å². The van der Waals surface area contributed by atoms with Gasteiger partial charge in [0, 0.05) is 5.57 Å². The molecule has 0 unspecified atom stereocenters. The largest absolute Gasteiger partial charge is 0.435 e. The first-order chi connectivity index (χ1) is 7.57. The van der Waals surface area contributed by atoms with Gasteiger partial charge >= 0.3 is 5.97 Å². The molecule has 0 aliphatic carbocycles. The first-order valence-corrected chi connectivity index (χ1v) is 5.65. The number of unbranched alkanes of at least 4 members (excludes halogenated alkanes) is 2. The lowest BCUT2D eigenvalue weighted by Crippen LogP contribution is -2.11. The van der Waals surface area contributed by atoms with Crippen LogP contribution in [0.4, 0.5) is 0 Å². The summed E-state index contributed by atoms with van der Waals surface area (Å²) < 4.78 is 9.94. The molecule has 0 spiro atoms. The Balaban J connectivity index is 3.55. The summed E-state index contributed by atoms with van der Waals surface area (Å²) in [5.74, 6) is -0.363. The quantitative estimate of drug-likeness (QED) is 0.199. The molecule has 0 aromatic rings. The molecule has 0 bridgehead atoms. The topological polar surface area (TPSA) is 35.5 Å². The second kappa shape index (κ2) is 9.16. The summed E-state index contributed by atoms with van der Waals surface area (Å²) in [4.78, 5) is 11.4. The van der Waals surface area contributed by atoms with Crippen molar-refractivity contribution in [2.45, 2.75) is 39.5 Å². The molecule has 3 heteroatoms. The molecular weight excluding hydrogens is 204 g/mol. The van der Waals surface area contributed by atoms with Crippen LogP contribution in [0.2, 0.25) is 0 Å². The summed E-state index contributed by atoms with van der Waals surface area (Å²) in [5.41, 5.74) is 1.42. The van der Waals surface area contributed by atoms with Crippen molar-refractivity contribution in [1.29, 1.82) is 0 Å². The molecule has 16 heavy (non-hydrogen) atoms. The maximum Gasteiger partial charge on any atom is 0.335 e. The third kappa shape index (κ3) is 8.24. The van der Waals surface area contributed by atoms with Gasteiger partial charge in [0.05, 0.1) is 6.61 Å². The fourth-order valence-electron chi connectivity index (χ4n) is 1.10. The molecule has 0 aliphatic rings. The van der Waals surface area contributed by atoms with E-state index in [0.29, 0.717) is 18.6 Å². The Hall–Kier alpha value is -1.09. The Morgan fingerprint density at radius 2 is 1.94 bits per heavy atom. The van der Waals surface area contributed by atoms with E-state index in [-0.39, 0.29) is 12.8 Å². The molecule has 0 radical (unpaired) electrons. The second-order valence-corrected chi connectivity index (χ2v) is 3.92. The number of rotatable bonds is 9. The summed E-state index contributed by atoms with van der Waals surface area (Å²) in [6.07, 6.45) is 3.92. The number of hydrogen-bond acceptors (Lipinski definition) is 3. The van der Waals surface area contributed by atoms with E-state index in [9.17, 15) is 4.79 Å². The number of carbonyl (C=O) groups is 1. The lowest BCUT2D eigenvalue weighted by molar-refractivity contribution is -0.150. The fraction of sp³-hybridized carbons (Fsp3) is 0.615. The predicted octanol–water partition coefficient (Wildman–Crippen LogP) is 3.22. The van der Waals surface area contributed by atoms with Gasteiger partial charge in [-0.15, -0.1) is 0 Å². The number of esters is 1. The molecule has 0 fully saturated rings. The van der Waals surface area contributed by atoms with Crippen molar-refractivity contribution in [3.63, 3.8) is 0 Å². The molecule has 0 aliphatic heterocycles. The first kappa shape index (κ1) is 14.9. The lowest BCUT2D eigenvalue weighted by Gasteiger charge is -2.07. The normalized spacial score (nSPS) is 9.88. The van der Waals surface area contributed by atoms with Gasteiger partial charge < -0.3 is 9.47 Å². The van der Waals surface area contributed by atoms with Crippen molar-refractivity contribution in [2.24, 2.45) is 0 Å². The number of hydrogen-bond donors (Lipinski definition) is 0. The summed E-state index contributed by atoms with van der Waals surface area (Å²) in [5, 5.41) is 0. The number of carbonyl (C=O) groups excluding carboxylic acids is 1. The van der Waals surface area contributed by atoms with Gasteiger partial charge in [-0.05, 0) is 19.8 Å². The van der Waals surface area contributed by atoms with Gasteiger partial charge in [0.2, 0.25) is 0 Å². The molecule has 0 heterocycles. The van der Waals surface area contributed by atoms with E-state index in [2.05, 4.69) is 20.1 Å². The molecule has 0 saturated carbocycles. The van der Waals surface area contributed by atoms with Crippen LogP contribution in [0.5, 0.6) is 0 Å². The van der Waals surface area contributed by atoms with Crippen LogP contribution in [0.1, 0.15) is 39.5 Å². The maximum absolute atomic E-state index is 11.4. The molecule has 0 saturated heterocycles. The zero-order chi connectivity index (χ0) is 12.4. The molecule has 0 atom stereocenters. The average Bonchev–Trinajstić information content (AvgIpc) is 2.24. The van der Waals surface area contributed by atoms with Crippen LogP contribution in [-0.2, 0) is 14.3 Å². The van der Waals surface area contributed by atoms with Crippen molar-refractivity contribution >= 4 is 5.97 Å². The fourth-order valence-corrected chi connectivity index (χ4v) is 1.10. The first-order valence-electron chi connectivity index (χ1n) is 5.65. The van der Waals surface area contributed by atoms with Gasteiger partial charge in [-0.1, -0.05) is 38.5 Å². The minimum atomic E-state index is -0.363. The van der Waals surface area contributed by atoms with Crippen molar-refractivity contribution in [3.05, 3.63) is 24.3 Å². The van der Waals surface area contributed by atoms with Crippen molar-refractivity contribution < 1.29 is 14.3 Å². The Morgan fingerprint density at radius 1 is 1.25 bits per heavy atom. The van der Waals surface area contributed by atoms with Crippen molar-refractivity contribution in [3.8, 4) is 0 Å². The van der Waals surface area contributed by atoms with Crippen LogP contribution in [0.3, 0.4) is 0 Å². The molecule has 3 nitrogen and oxygen atoms in total. The summed E-state index contributed by atoms with van der Waals surface area (Å²) >= 11 is 0. The molecule has 0 aromatic heterocycles. The van der Waals surface area contributed by atoms with E-state index in [1.807, 2.05) is 6.92 Å². The third-order valence-electron chi connectivity index (χ3n) is 1.99. The number of ether oxygens (including phenoxy) is 2.